The van der Waals surface area contributed by atoms with Gasteiger partial charge in [0.1, 0.15) is 11.6 Å². The number of hydrogen-bond donors (Lipinski definition) is 2. The fourth-order valence-corrected chi connectivity index (χ4v) is 7.90. The fourth-order valence-electron chi connectivity index (χ4n) is 7.90. The average Bonchev–Trinajstić information content (AvgIpc) is 3.85. The summed E-state index contributed by atoms with van der Waals surface area (Å²) in [5.41, 5.74) is 5.85. The van der Waals surface area contributed by atoms with Crippen LogP contribution in [0.3, 0.4) is 0 Å². The highest BCUT2D eigenvalue weighted by atomic mass is 16.1. The third-order valence-electron chi connectivity index (χ3n) is 10.5. The number of anilines is 1. The standard InChI is InChI=1S/C39H44N8O/c1-4-30-22-41-35(44-37(30)47-19-18-39(26-47)17-16-27(2)45-39)20-28-10-12-31(13-11-28)36(38(48)42-21-29-8-6-5-7-9-29)34-15-14-32(23-40-34)33-24-43-46(3)25-33/h1,5-9,14-15,22-25,28,31,36,45H,2,10-13,16-21,26H2,3H3,(H,42,48)/t28-,31-,36?,39?. The van der Waals surface area contributed by atoms with Crippen LogP contribution in [0.1, 0.15) is 73.5 Å². The van der Waals surface area contributed by atoms with E-state index >= 15 is 0 Å². The Morgan fingerprint density at radius 3 is 2.60 bits per heavy atom. The largest absolute Gasteiger partial charge is 0.382 e. The molecular formula is C39H44N8O. The van der Waals surface area contributed by atoms with Gasteiger partial charge in [0.25, 0.3) is 0 Å². The van der Waals surface area contributed by atoms with Crippen LogP contribution in [-0.2, 0) is 24.8 Å². The molecule has 5 heterocycles. The van der Waals surface area contributed by atoms with E-state index in [1.54, 1.807) is 4.68 Å². The first kappa shape index (κ1) is 31.6. The van der Waals surface area contributed by atoms with Gasteiger partial charge in [0.2, 0.25) is 5.91 Å². The van der Waals surface area contributed by atoms with Crippen LogP contribution in [0.5, 0.6) is 0 Å². The van der Waals surface area contributed by atoms with Gasteiger partial charge >= 0.3 is 0 Å². The molecule has 2 atom stereocenters. The van der Waals surface area contributed by atoms with Gasteiger partial charge in [-0.2, -0.15) is 5.10 Å². The predicted octanol–water partition coefficient (Wildman–Crippen LogP) is 5.55. The summed E-state index contributed by atoms with van der Waals surface area (Å²) in [6.07, 6.45) is 21.3. The number of allylic oxidation sites excluding steroid dienone is 1. The smallest absolute Gasteiger partial charge is 0.229 e. The molecule has 2 N–H and O–H groups in total. The first-order valence-electron chi connectivity index (χ1n) is 17.2. The summed E-state index contributed by atoms with van der Waals surface area (Å²) in [7, 11) is 1.90. The van der Waals surface area contributed by atoms with Crippen LogP contribution in [0.15, 0.2) is 79.5 Å². The van der Waals surface area contributed by atoms with E-state index in [9.17, 15) is 4.79 Å². The quantitative estimate of drug-likeness (QED) is 0.232. The van der Waals surface area contributed by atoms with Crippen molar-refractivity contribution in [2.75, 3.05) is 18.0 Å². The van der Waals surface area contributed by atoms with Crippen LogP contribution in [0.4, 0.5) is 5.82 Å². The number of aromatic nitrogens is 5. The Morgan fingerprint density at radius 1 is 1.08 bits per heavy atom. The van der Waals surface area contributed by atoms with E-state index < -0.39 is 0 Å². The van der Waals surface area contributed by atoms with Crippen molar-refractivity contribution in [3.63, 3.8) is 0 Å². The van der Waals surface area contributed by atoms with Crippen molar-refractivity contribution in [3.05, 3.63) is 102 Å². The molecule has 7 rings (SSSR count). The van der Waals surface area contributed by atoms with Gasteiger partial charge in [0, 0.05) is 68.5 Å². The van der Waals surface area contributed by atoms with E-state index in [0.717, 1.165) is 110 Å². The number of nitrogens with zero attached hydrogens (tertiary/aromatic N) is 6. The van der Waals surface area contributed by atoms with Crippen molar-refractivity contribution in [1.82, 2.24) is 35.4 Å². The van der Waals surface area contributed by atoms with Crippen molar-refractivity contribution in [2.24, 2.45) is 18.9 Å². The molecule has 9 heteroatoms. The Balaban J connectivity index is 1.03. The molecule has 3 fully saturated rings. The lowest BCUT2D eigenvalue weighted by Crippen LogP contribution is -2.42. The molecular weight excluding hydrogens is 596 g/mol. The Kier molecular flexibility index (Phi) is 8.98. The molecule has 9 nitrogen and oxygen atoms in total. The van der Waals surface area contributed by atoms with Crippen LogP contribution in [0.2, 0.25) is 0 Å². The summed E-state index contributed by atoms with van der Waals surface area (Å²) in [4.78, 5) is 30.8. The zero-order chi connectivity index (χ0) is 33.1. The van der Waals surface area contributed by atoms with Crippen LogP contribution in [0, 0.1) is 24.2 Å². The second kappa shape index (κ2) is 13.6. The molecule has 1 aromatic carbocycles. The van der Waals surface area contributed by atoms with Crippen LogP contribution in [-0.4, -0.2) is 49.3 Å². The number of carbonyl (C=O) groups excluding carboxylic acids is 1. The summed E-state index contributed by atoms with van der Waals surface area (Å²) >= 11 is 0. The highest BCUT2D eigenvalue weighted by Gasteiger charge is 2.42. The van der Waals surface area contributed by atoms with E-state index in [4.69, 9.17) is 21.4 Å². The fraction of sp³-hybridized carbons (Fsp3) is 0.410. The van der Waals surface area contributed by atoms with Crippen LogP contribution < -0.4 is 15.5 Å². The summed E-state index contributed by atoms with van der Waals surface area (Å²) in [6, 6.07) is 14.1. The number of terminal acetylenes is 1. The number of aryl methyl sites for hydroxylation is 1. The Bertz CT molecular complexity index is 1800. The molecule has 246 valence electrons. The molecule has 3 aromatic heterocycles. The van der Waals surface area contributed by atoms with Crippen molar-refractivity contribution < 1.29 is 4.79 Å². The van der Waals surface area contributed by atoms with Crippen molar-refractivity contribution >= 4 is 11.7 Å². The highest BCUT2D eigenvalue weighted by molar-refractivity contribution is 5.83. The van der Waals surface area contributed by atoms with E-state index in [1.165, 1.54) is 0 Å². The van der Waals surface area contributed by atoms with Gasteiger partial charge in [-0.15, -0.1) is 6.42 Å². The van der Waals surface area contributed by atoms with Crippen molar-refractivity contribution in [2.45, 2.75) is 69.4 Å². The van der Waals surface area contributed by atoms with E-state index in [0.29, 0.717) is 12.5 Å². The first-order chi connectivity index (χ1) is 23.4. The molecule has 3 aliphatic rings. The molecule has 1 spiro atoms. The number of nitrogens with one attached hydrogen (secondary N) is 2. The predicted molar refractivity (Wildman–Crippen MR) is 188 cm³/mol. The topological polar surface area (TPSA) is 101 Å². The Morgan fingerprint density at radius 2 is 1.92 bits per heavy atom. The number of benzene rings is 1. The third kappa shape index (κ3) is 6.84. The third-order valence-corrected chi connectivity index (χ3v) is 10.5. The van der Waals surface area contributed by atoms with Gasteiger partial charge in [0.15, 0.2) is 0 Å². The number of pyridine rings is 1. The van der Waals surface area contributed by atoms with Crippen LogP contribution >= 0.6 is 0 Å². The zero-order valence-corrected chi connectivity index (χ0v) is 27.7. The molecule has 0 bridgehead atoms. The summed E-state index contributed by atoms with van der Waals surface area (Å²) < 4.78 is 1.78. The Hall–Kier alpha value is -4.97. The molecule has 1 amide bonds. The molecule has 48 heavy (non-hydrogen) atoms. The maximum atomic E-state index is 13.9. The lowest BCUT2D eigenvalue weighted by atomic mass is 9.73. The van der Waals surface area contributed by atoms with Gasteiger partial charge in [-0.1, -0.05) is 48.9 Å². The van der Waals surface area contributed by atoms with Gasteiger partial charge in [-0.3, -0.25) is 14.5 Å². The van der Waals surface area contributed by atoms with Gasteiger partial charge < -0.3 is 15.5 Å². The Labute approximate surface area is 283 Å². The summed E-state index contributed by atoms with van der Waals surface area (Å²) in [6.45, 7) is 6.44. The van der Waals surface area contributed by atoms with Crippen molar-refractivity contribution in [1.29, 1.82) is 0 Å². The lowest BCUT2D eigenvalue weighted by Gasteiger charge is -2.33. The van der Waals surface area contributed by atoms with Crippen molar-refractivity contribution in [3.8, 4) is 23.5 Å². The van der Waals surface area contributed by atoms with E-state index in [-0.39, 0.29) is 23.3 Å². The molecule has 2 aliphatic heterocycles. The molecule has 2 unspecified atom stereocenters. The normalized spacial score (nSPS) is 22.8. The van der Waals surface area contributed by atoms with Gasteiger partial charge in [-0.05, 0) is 68.4 Å². The molecule has 0 radical (unpaired) electrons. The van der Waals surface area contributed by atoms with Gasteiger partial charge in [-0.25, -0.2) is 9.97 Å². The molecule has 1 aliphatic carbocycles. The van der Waals surface area contributed by atoms with E-state index in [2.05, 4.69) is 39.2 Å². The average molecular weight is 641 g/mol. The van der Waals surface area contributed by atoms with Gasteiger partial charge in [0.05, 0.1) is 28.9 Å². The van der Waals surface area contributed by atoms with Crippen LogP contribution in [0.25, 0.3) is 11.1 Å². The SMILES string of the molecule is C#Cc1cnc(C[C@H]2CC[C@H](C(C(=O)NCc3ccccc3)c3ccc(-c4cnn(C)c4)cn3)CC2)nc1N1CCC2(CCC(=C)N2)C1. The maximum absolute atomic E-state index is 13.9. The minimum Gasteiger partial charge on any atom is -0.382 e. The number of hydrogen-bond acceptors (Lipinski definition) is 7. The number of rotatable bonds is 9. The second-order valence-corrected chi connectivity index (χ2v) is 13.9. The van der Waals surface area contributed by atoms with E-state index in [1.807, 2.05) is 68.2 Å². The zero-order valence-electron chi connectivity index (χ0n) is 27.7. The highest BCUT2D eigenvalue weighted by Crippen LogP contribution is 2.40. The summed E-state index contributed by atoms with van der Waals surface area (Å²) in [5, 5.41) is 11.1. The second-order valence-electron chi connectivity index (χ2n) is 13.9. The maximum Gasteiger partial charge on any atom is 0.229 e. The number of amides is 1. The minimum absolute atomic E-state index is 0.0329. The minimum atomic E-state index is -0.321. The lowest BCUT2D eigenvalue weighted by molar-refractivity contribution is -0.124. The number of carbonyl (C=O) groups is 1. The summed E-state index contributed by atoms with van der Waals surface area (Å²) in [5.74, 6) is 4.90. The monoisotopic (exact) mass is 640 g/mol. The molecule has 4 aromatic rings. The first-order valence-corrected chi connectivity index (χ1v) is 17.2. The molecule has 2 saturated heterocycles. The molecule has 1 saturated carbocycles.